The maximum absolute atomic E-state index is 12.7. The predicted octanol–water partition coefficient (Wildman–Crippen LogP) is 2.58. The fourth-order valence-corrected chi connectivity index (χ4v) is 3.45. The minimum Gasteiger partial charge on any atom is -0.392 e. The van der Waals surface area contributed by atoms with Crippen LogP contribution in [-0.2, 0) is 4.79 Å². The number of aliphatic hydroxyl groups is 1. The number of amides is 1. The third-order valence-electron chi connectivity index (χ3n) is 4.93. The highest BCUT2D eigenvalue weighted by Gasteiger charge is 2.42. The van der Waals surface area contributed by atoms with Crippen molar-refractivity contribution in [2.24, 2.45) is 10.8 Å². The van der Waals surface area contributed by atoms with E-state index in [1.165, 1.54) is 19.3 Å². The molecule has 1 aliphatic carbocycles. The summed E-state index contributed by atoms with van der Waals surface area (Å²) in [7, 11) is 0. The molecule has 0 aromatic rings. The molecule has 0 aromatic heterocycles. The van der Waals surface area contributed by atoms with E-state index in [9.17, 15) is 9.90 Å². The third kappa shape index (κ3) is 2.56. The van der Waals surface area contributed by atoms with Crippen LogP contribution >= 0.6 is 0 Å². The molecule has 104 valence electrons. The Morgan fingerprint density at radius 3 is 2.33 bits per heavy atom. The second-order valence-electron chi connectivity index (χ2n) is 7.14. The monoisotopic (exact) mass is 253 g/mol. The molecule has 0 radical (unpaired) electrons. The predicted molar refractivity (Wildman–Crippen MR) is 72.2 cm³/mol. The molecule has 1 unspecified atom stereocenters. The van der Waals surface area contributed by atoms with E-state index < -0.39 is 0 Å². The van der Waals surface area contributed by atoms with Crippen LogP contribution in [0.3, 0.4) is 0 Å². The highest BCUT2D eigenvalue weighted by Crippen LogP contribution is 2.39. The molecule has 1 amide bonds. The zero-order chi connectivity index (χ0) is 13.4. The Morgan fingerprint density at radius 1 is 1.17 bits per heavy atom. The summed E-state index contributed by atoms with van der Waals surface area (Å²) in [6, 6.07) is 0. The minimum atomic E-state index is -0.277. The van der Waals surface area contributed by atoms with E-state index in [0.29, 0.717) is 12.5 Å². The number of nitrogens with zero attached hydrogens (tertiary/aromatic N) is 1. The van der Waals surface area contributed by atoms with Crippen molar-refractivity contribution in [2.45, 2.75) is 65.4 Å². The van der Waals surface area contributed by atoms with Gasteiger partial charge in [0.05, 0.1) is 6.10 Å². The summed E-state index contributed by atoms with van der Waals surface area (Å²) in [6.45, 7) is 7.66. The van der Waals surface area contributed by atoms with Crippen molar-refractivity contribution in [3.05, 3.63) is 0 Å². The number of hydrogen-bond acceptors (Lipinski definition) is 2. The van der Waals surface area contributed by atoms with Crippen LogP contribution in [-0.4, -0.2) is 35.1 Å². The fraction of sp³-hybridized carbons (Fsp3) is 0.933. The molecular weight excluding hydrogens is 226 g/mol. The number of carbonyl (C=O) groups is 1. The molecular formula is C15H27NO2. The highest BCUT2D eigenvalue weighted by molar-refractivity contribution is 5.82. The van der Waals surface area contributed by atoms with Gasteiger partial charge in [0.15, 0.2) is 0 Å². The van der Waals surface area contributed by atoms with E-state index in [2.05, 4.69) is 20.8 Å². The lowest BCUT2D eigenvalue weighted by Crippen LogP contribution is -2.54. The average Bonchev–Trinajstić information content (AvgIpc) is 2.32. The van der Waals surface area contributed by atoms with Crippen LogP contribution in [0.25, 0.3) is 0 Å². The number of carbonyl (C=O) groups excluding carboxylic acids is 1. The van der Waals surface area contributed by atoms with Gasteiger partial charge in [0.25, 0.3) is 0 Å². The second kappa shape index (κ2) is 4.84. The topological polar surface area (TPSA) is 40.5 Å². The molecule has 2 aliphatic rings. The van der Waals surface area contributed by atoms with Crippen molar-refractivity contribution in [1.82, 2.24) is 4.90 Å². The summed E-state index contributed by atoms with van der Waals surface area (Å²) in [6.07, 6.45) is 6.14. The second-order valence-corrected chi connectivity index (χ2v) is 7.14. The molecule has 0 aromatic carbocycles. The van der Waals surface area contributed by atoms with Gasteiger partial charge in [-0.3, -0.25) is 4.79 Å². The summed E-state index contributed by atoms with van der Waals surface area (Å²) in [5, 5.41) is 9.97. The number of likely N-dealkylation sites (tertiary alicyclic amines) is 1. The molecule has 0 spiro atoms. The Kier molecular flexibility index (Phi) is 3.72. The maximum atomic E-state index is 12.7. The smallest absolute Gasteiger partial charge is 0.228 e. The first-order chi connectivity index (χ1) is 8.35. The minimum absolute atomic E-state index is 0.142. The molecule has 1 saturated heterocycles. The van der Waals surface area contributed by atoms with Crippen LogP contribution in [0.5, 0.6) is 0 Å². The van der Waals surface area contributed by atoms with Crippen LogP contribution in [0.15, 0.2) is 0 Å². The Hall–Kier alpha value is -0.570. The summed E-state index contributed by atoms with van der Waals surface area (Å²) < 4.78 is 0. The van der Waals surface area contributed by atoms with Gasteiger partial charge in [-0.15, -0.1) is 0 Å². The number of hydrogen-bond donors (Lipinski definition) is 1. The maximum Gasteiger partial charge on any atom is 0.228 e. The van der Waals surface area contributed by atoms with Crippen LogP contribution in [0.1, 0.15) is 59.3 Å². The number of piperidine rings is 1. The third-order valence-corrected chi connectivity index (χ3v) is 4.93. The van der Waals surface area contributed by atoms with E-state index in [4.69, 9.17) is 0 Å². The molecule has 1 atom stereocenters. The normalized spacial score (nSPS) is 31.1. The molecule has 3 nitrogen and oxygen atoms in total. The van der Waals surface area contributed by atoms with Gasteiger partial charge in [0.1, 0.15) is 0 Å². The lowest BCUT2D eigenvalue weighted by Gasteiger charge is -2.45. The van der Waals surface area contributed by atoms with Crippen LogP contribution < -0.4 is 0 Å². The summed E-state index contributed by atoms with van der Waals surface area (Å²) >= 11 is 0. The van der Waals surface area contributed by atoms with E-state index in [-0.39, 0.29) is 16.9 Å². The van der Waals surface area contributed by atoms with Gasteiger partial charge in [0.2, 0.25) is 5.91 Å². The molecule has 2 rings (SSSR count). The van der Waals surface area contributed by atoms with Gasteiger partial charge < -0.3 is 10.0 Å². The molecule has 0 bridgehead atoms. The standard InChI is InChI=1S/C15H27NO2/c1-14(2)11-16(10-7-12(14)17)13(18)15(3)8-5-4-6-9-15/h12,17H,4-11H2,1-3H3. The van der Waals surface area contributed by atoms with Crippen molar-refractivity contribution < 1.29 is 9.90 Å². The quantitative estimate of drug-likeness (QED) is 0.780. The van der Waals surface area contributed by atoms with Gasteiger partial charge in [-0.05, 0) is 19.3 Å². The largest absolute Gasteiger partial charge is 0.392 e. The van der Waals surface area contributed by atoms with Crippen LogP contribution in [0, 0.1) is 10.8 Å². The number of aliphatic hydroxyl groups excluding tert-OH is 1. The number of rotatable bonds is 1. The SMILES string of the molecule is CC1(C(=O)N2CCC(O)C(C)(C)C2)CCCCC1. The Bertz CT molecular complexity index is 318. The molecule has 18 heavy (non-hydrogen) atoms. The lowest BCUT2D eigenvalue weighted by atomic mass is 9.73. The highest BCUT2D eigenvalue weighted by atomic mass is 16.3. The molecule has 2 fully saturated rings. The molecule has 1 heterocycles. The fourth-order valence-electron chi connectivity index (χ4n) is 3.45. The van der Waals surface area contributed by atoms with Gasteiger partial charge in [-0.1, -0.05) is 40.0 Å². The van der Waals surface area contributed by atoms with Gasteiger partial charge in [0, 0.05) is 23.9 Å². The zero-order valence-electron chi connectivity index (χ0n) is 12.0. The van der Waals surface area contributed by atoms with Crippen molar-refractivity contribution in [2.75, 3.05) is 13.1 Å². The van der Waals surface area contributed by atoms with Crippen molar-refractivity contribution >= 4 is 5.91 Å². The van der Waals surface area contributed by atoms with E-state index in [1.807, 2.05) is 4.90 Å². The van der Waals surface area contributed by atoms with Crippen LogP contribution in [0.2, 0.25) is 0 Å². The van der Waals surface area contributed by atoms with Crippen molar-refractivity contribution in [1.29, 1.82) is 0 Å². The Balaban J connectivity index is 2.05. The molecule has 1 N–H and O–H groups in total. The summed E-state index contributed by atoms with van der Waals surface area (Å²) in [4.78, 5) is 14.7. The van der Waals surface area contributed by atoms with Crippen LogP contribution in [0.4, 0.5) is 0 Å². The molecule has 1 aliphatic heterocycles. The molecule has 1 saturated carbocycles. The Labute approximate surface area is 111 Å². The summed E-state index contributed by atoms with van der Waals surface area (Å²) in [5.41, 5.74) is -0.310. The summed E-state index contributed by atoms with van der Waals surface area (Å²) in [5.74, 6) is 0.321. The van der Waals surface area contributed by atoms with E-state index in [0.717, 1.165) is 25.8 Å². The lowest BCUT2D eigenvalue weighted by molar-refractivity contribution is -0.149. The van der Waals surface area contributed by atoms with Gasteiger partial charge in [-0.25, -0.2) is 0 Å². The average molecular weight is 253 g/mol. The first kappa shape index (κ1) is 13.9. The van der Waals surface area contributed by atoms with E-state index >= 15 is 0 Å². The van der Waals surface area contributed by atoms with E-state index in [1.54, 1.807) is 0 Å². The molecule has 3 heteroatoms. The van der Waals surface area contributed by atoms with Crippen molar-refractivity contribution in [3.63, 3.8) is 0 Å². The first-order valence-electron chi connectivity index (χ1n) is 7.33. The van der Waals surface area contributed by atoms with Gasteiger partial charge in [-0.2, -0.15) is 0 Å². The van der Waals surface area contributed by atoms with Crippen molar-refractivity contribution in [3.8, 4) is 0 Å². The zero-order valence-corrected chi connectivity index (χ0v) is 12.0. The first-order valence-corrected chi connectivity index (χ1v) is 7.33. The Morgan fingerprint density at radius 2 is 1.78 bits per heavy atom. The van der Waals surface area contributed by atoms with Gasteiger partial charge >= 0.3 is 0 Å².